The van der Waals surface area contributed by atoms with Gasteiger partial charge in [-0.25, -0.2) is 9.09 Å². The van der Waals surface area contributed by atoms with Crippen LogP contribution in [0, 0.1) is 0 Å². The lowest BCUT2D eigenvalue weighted by molar-refractivity contribution is -0.343. The minimum Gasteiger partial charge on any atom is -0.376 e. The first-order valence-corrected chi connectivity index (χ1v) is 4.77. The van der Waals surface area contributed by atoms with Crippen LogP contribution in [0.1, 0.15) is 0 Å². The summed E-state index contributed by atoms with van der Waals surface area (Å²) >= 11 is 0. The Bertz CT molecular complexity index is 183. The zero-order valence-corrected chi connectivity index (χ0v) is 8.48. The Morgan fingerprint density at radius 2 is 1.69 bits per heavy atom. The SMILES string of the molecule is COCC(OC)(OC)OP(=O)(O)O. The van der Waals surface area contributed by atoms with E-state index in [0.29, 0.717) is 0 Å². The molecule has 13 heavy (non-hydrogen) atoms. The first-order chi connectivity index (χ1) is 5.89. The Labute approximate surface area is 75.8 Å². The van der Waals surface area contributed by atoms with Crippen LogP contribution >= 0.6 is 7.82 Å². The molecule has 0 fully saturated rings. The van der Waals surface area contributed by atoms with Gasteiger partial charge in [0.05, 0.1) is 0 Å². The highest BCUT2D eigenvalue weighted by molar-refractivity contribution is 7.46. The fourth-order valence-corrected chi connectivity index (χ4v) is 1.22. The summed E-state index contributed by atoms with van der Waals surface area (Å²) in [6.45, 7) is -0.259. The molecule has 8 heteroatoms. The Morgan fingerprint density at radius 1 is 1.23 bits per heavy atom. The first kappa shape index (κ1) is 13.0. The molecule has 0 atom stereocenters. The summed E-state index contributed by atoms with van der Waals surface area (Å²) in [4.78, 5) is 17.0. The molecular formula is C5H13O7P. The van der Waals surface area contributed by atoms with Crippen molar-refractivity contribution in [3.63, 3.8) is 0 Å². The molecule has 0 aromatic heterocycles. The molecule has 0 saturated heterocycles. The number of hydrogen-bond donors (Lipinski definition) is 2. The van der Waals surface area contributed by atoms with E-state index in [-0.39, 0.29) is 6.61 Å². The summed E-state index contributed by atoms with van der Waals surface area (Å²) in [5, 5.41) is 0. The fraction of sp³-hybridized carbons (Fsp3) is 1.00. The Balaban J connectivity index is 4.47. The lowest BCUT2D eigenvalue weighted by Gasteiger charge is -2.28. The molecule has 0 rings (SSSR count). The van der Waals surface area contributed by atoms with Crippen molar-refractivity contribution in [2.24, 2.45) is 0 Å². The summed E-state index contributed by atoms with van der Waals surface area (Å²) < 4.78 is 28.7. The van der Waals surface area contributed by atoms with Crippen LogP contribution in [-0.4, -0.2) is 43.7 Å². The average Bonchev–Trinajstić information content (AvgIpc) is 2.01. The van der Waals surface area contributed by atoms with Gasteiger partial charge in [-0.2, -0.15) is 0 Å². The van der Waals surface area contributed by atoms with Crippen LogP contribution in [0.5, 0.6) is 0 Å². The van der Waals surface area contributed by atoms with Gasteiger partial charge in [0.1, 0.15) is 6.61 Å². The molecule has 0 spiro atoms. The van der Waals surface area contributed by atoms with Crippen LogP contribution in [0.2, 0.25) is 0 Å². The van der Waals surface area contributed by atoms with Crippen molar-refractivity contribution in [1.82, 2.24) is 0 Å². The summed E-state index contributed by atoms with van der Waals surface area (Å²) in [6.07, 6.45) is 0. The molecule has 0 aromatic carbocycles. The van der Waals surface area contributed by atoms with Crippen molar-refractivity contribution in [1.29, 1.82) is 0 Å². The smallest absolute Gasteiger partial charge is 0.376 e. The zero-order valence-electron chi connectivity index (χ0n) is 7.59. The molecule has 7 nitrogen and oxygen atoms in total. The molecule has 0 aliphatic carbocycles. The second-order valence-electron chi connectivity index (χ2n) is 2.11. The third kappa shape index (κ3) is 4.68. The van der Waals surface area contributed by atoms with E-state index >= 15 is 0 Å². The number of ether oxygens (including phenoxy) is 3. The van der Waals surface area contributed by atoms with Gasteiger partial charge in [0, 0.05) is 21.3 Å². The van der Waals surface area contributed by atoms with Crippen LogP contribution in [-0.2, 0) is 23.3 Å². The normalized spacial score (nSPS) is 13.3. The van der Waals surface area contributed by atoms with Crippen molar-refractivity contribution in [3.05, 3.63) is 0 Å². The van der Waals surface area contributed by atoms with Gasteiger partial charge < -0.3 is 24.0 Å². The van der Waals surface area contributed by atoms with Gasteiger partial charge in [0.15, 0.2) is 0 Å². The van der Waals surface area contributed by atoms with E-state index in [2.05, 4.69) is 18.7 Å². The van der Waals surface area contributed by atoms with Gasteiger partial charge in [-0.15, -0.1) is 0 Å². The molecule has 0 aliphatic heterocycles. The van der Waals surface area contributed by atoms with Gasteiger partial charge in [0.2, 0.25) is 0 Å². The molecule has 0 amide bonds. The molecule has 80 valence electrons. The maximum Gasteiger partial charge on any atom is 0.474 e. The highest BCUT2D eigenvalue weighted by atomic mass is 31.2. The molecule has 0 unspecified atom stereocenters. The van der Waals surface area contributed by atoms with Crippen molar-refractivity contribution < 1.29 is 33.1 Å². The van der Waals surface area contributed by atoms with E-state index in [0.717, 1.165) is 0 Å². The molecule has 0 bridgehead atoms. The summed E-state index contributed by atoms with van der Waals surface area (Å²) in [6, 6.07) is 0. The average molecular weight is 216 g/mol. The predicted octanol–water partition coefficient (Wildman–Crippen LogP) is -0.311. The van der Waals surface area contributed by atoms with Gasteiger partial charge in [0.25, 0.3) is 0 Å². The van der Waals surface area contributed by atoms with Crippen molar-refractivity contribution in [3.8, 4) is 0 Å². The van der Waals surface area contributed by atoms with Crippen molar-refractivity contribution in [2.45, 2.75) is 5.97 Å². The fourth-order valence-electron chi connectivity index (χ4n) is 0.660. The first-order valence-electron chi connectivity index (χ1n) is 3.24. The van der Waals surface area contributed by atoms with E-state index in [1.807, 2.05) is 0 Å². The van der Waals surface area contributed by atoms with Crippen LogP contribution in [0.25, 0.3) is 0 Å². The molecule has 0 aliphatic rings. The largest absolute Gasteiger partial charge is 0.474 e. The van der Waals surface area contributed by atoms with E-state index in [4.69, 9.17) is 9.79 Å². The second-order valence-corrected chi connectivity index (χ2v) is 3.27. The van der Waals surface area contributed by atoms with Gasteiger partial charge in [-0.05, 0) is 0 Å². The summed E-state index contributed by atoms with van der Waals surface area (Å²) in [5.74, 6) is -1.87. The Morgan fingerprint density at radius 3 is 1.92 bits per heavy atom. The minimum atomic E-state index is -4.68. The topological polar surface area (TPSA) is 94.5 Å². The van der Waals surface area contributed by atoms with Crippen LogP contribution in [0.3, 0.4) is 0 Å². The van der Waals surface area contributed by atoms with E-state index in [1.165, 1.54) is 21.3 Å². The molecule has 0 aromatic rings. The molecule has 0 heterocycles. The third-order valence-corrected chi connectivity index (χ3v) is 1.72. The van der Waals surface area contributed by atoms with Crippen molar-refractivity contribution in [2.75, 3.05) is 27.9 Å². The molecule has 2 N–H and O–H groups in total. The monoisotopic (exact) mass is 216 g/mol. The maximum absolute atomic E-state index is 10.5. The molecular weight excluding hydrogens is 203 g/mol. The van der Waals surface area contributed by atoms with Crippen LogP contribution in [0.15, 0.2) is 0 Å². The maximum atomic E-state index is 10.5. The van der Waals surface area contributed by atoms with Gasteiger partial charge in [-0.1, -0.05) is 0 Å². The van der Waals surface area contributed by atoms with Crippen molar-refractivity contribution >= 4 is 7.82 Å². The second kappa shape index (κ2) is 5.02. The highest BCUT2D eigenvalue weighted by Gasteiger charge is 2.38. The van der Waals surface area contributed by atoms with E-state index < -0.39 is 13.8 Å². The van der Waals surface area contributed by atoms with Crippen LogP contribution in [0.4, 0.5) is 0 Å². The summed E-state index contributed by atoms with van der Waals surface area (Å²) in [7, 11) is -1.01. The lowest BCUT2D eigenvalue weighted by Crippen LogP contribution is -2.40. The summed E-state index contributed by atoms with van der Waals surface area (Å²) in [5.41, 5.74) is 0. The number of phosphoric acid groups is 1. The van der Waals surface area contributed by atoms with Crippen LogP contribution < -0.4 is 0 Å². The highest BCUT2D eigenvalue weighted by Crippen LogP contribution is 2.41. The minimum absolute atomic E-state index is 0.259. The number of phosphoric ester groups is 1. The zero-order chi connectivity index (χ0) is 10.5. The Kier molecular flexibility index (Phi) is 5.01. The number of hydrogen-bond acceptors (Lipinski definition) is 5. The van der Waals surface area contributed by atoms with E-state index in [1.54, 1.807) is 0 Å². The van der Waals surface area contributed by atoms with Gasteiger partial charge >= 0.3 is 13.8 Å². The standard InChI is InChI=1S/C5H13O7P/c1-9-4-5(10-2,11-3)12-13(6,7)8/h4H2,1-3H3,(H2,6,7,8). The number of rotatable bonds is 6. The Hall–Kier alpha value is -0.0100. The van der Waals surface area contributed by atoms with E-state index in [9.17, 15) is 4.57 Å². The lowest BCUT2D eigenvalue weighted by atomic mass is 10.6. The van der Waals surface area contributed by atoms with Gasteiger partial charge in [-0.3, -0.25) is 0 Å². The number of methoxy groups -OCH3 is 3. The predicted molar refractivity (Wildman–Crippen MR) is 41.8 cm³/mol. The quantitative estimate of drug-likeness (QED) is 0.464. The molecule has 0 saturated carbocycles. The molecule has 0 radical (unpaired) electrons. The third-order valence-electron chi connectivity index (χ3n) is 1.20.